The Bertz CT molecular complexity index is 474. The summed E-state index contributed by atoms with van der Waals surface area (Å²) >= 11 is 0. The fourth-order valence-electron chi connectivity index (χ4n) is 3.30. The largest absolute Gasteiger partial charge is 0.354 e. The third-order valence-corrected chi connectivity index (χ3v) is 4.60. The standard InChI is InChI=1S/C18H28N2O/c1-12(2)16(13(3)4)11-20-18(21)17-15-8-6-5-7-14(15)9-10-19-17/h5-8,12-13,16-17,19H,9-11H2,1-4H3,(H,20,21). The van der Waals surface area contributed by atoms with Crippen molar-refractivity contribution in [2.45, 2.75) is 40.2 Å². The number of rotatable bonds is 5. The Morgan fingerprint density at radius 2 is 1.90 bits per heavy atom. The molecule has 1 atom stereocenters. The number of benzene rings is 1. The molecule has 0 fully saturated rings. The van der Waals surface area contributed by atoms with Gasteiger partial charge in [-0.2, -0.15) is 0 Å². The molecule has 1 aromatic rings. The van der Waals surface area contributed by atoms with Crippen LogP contribution in [0, 0.1) is 17.8 Å². The van der Waals surface area contributed by atoms with Gasteiger partial charge in [-0.05, 0) is 35.3 Å². The Morgan fingerprint density at radius 1 is 1.24 bits per heavy atom. The maximum Gasteiger partial charge on any atom is 0.241 e. The van der Waals surface area contributed by atoms with E-state index in [2.05, 4.69) is 50.5 Å². The van der Waals surface area contributed by atoms with Gasteiger partial charge in [-0.15, -0.1) is 0 Å². The van der Waals surface area contributed by atoms with Crippen LogP contribution < -0.4 is 10.6 Å². The van der Waals surface area contributed by atoms with E-state index in [4.69, 9.17) is 0 Å². The second kappa shape index (κ2) is 7.08. The molecule has 2 rings (SSSR count). The van der Waals surface area contributed by atoms with Crippen LogP contribution in [0.15, 0.2) is 24.3 Å². The maximum atomic E-state index is 12.5. The van der Waals surface area contributed by atoms with Crippen molar-refractivity contribution in [3.05, 3.63) is 35.4 Å². The van der Waals surface area contributed by atoms with E-state index >= 15 is 0 Å². The molecule has 2 N–H and O–H groups in total. The van der Waals surface area contributed by atoms with E-state index in [1.165, 1.54) is 5.56 Å². The van der Waals surface area contributed by atoms with Crippen LogP contribution in [0.4, 0.5) is 0 Å². The lowest BCUT2D eigenvalue weighted by Gasteiger charge is -2.29. The maximum absolute atomic E-state index is 12.5. The summed E-state index contributed by atoms with van der Waals surface area (Å²) in [7, 11) is 0. The molecule has 21 heavy (non-hydrogen) atoms. The molecular weight excluding hydrogens is 260 g/mol. The van der Waals surface area contributed by atoms with Gasteiger partial charge in [0.05, 0.1) is 0 Å². The van der Waals surface area contributed by atoms with E-state index in [0.717, 1.165) is 25.1 Å². The van der Waals surface area contributed by atoms with Crippen molar-refractivity contribution in [1.82, 2.24) is 10.6 Å². The zero-order valence-electron chi connectivity index (χ0n) is 13.6. The SMILES string of the molecule is CC(C)C(CNC(=O)C1NCCc2ccccc21)C(C)C. The second-order valence-electron chi connectivity index (χ2n) is 6.73. The fourth-order valence-corrected chi connectivity index (χ4v) is 3.30. The molecule has 1 heterocycles. The van der Waals surface area contributed by atoms with Gasteiger partial charge < -0.3 is 10.6 Å². The first-order valence-corrected chi connectivity index (χ1v) is 8.09. The first-order chi connectivity index (χ1) is 10.0. The monoisotopic (exact) mass is 288 g/mol. The minimum Gasteiger partial charge on any atom is -0.354 e. The quantitative estimate of drug-likeness (QED) is 0.874. The number of carbonyl (C=O) groups excluding carboxylic acids is 1. The Labute approximate surface area is 128 Å². The molecule has 0 aliphatic carbocycles. The molecular formula is C18H28N2O. The van der Waals surface area contributed by atoms with Gasteiger partial charge >= 0.3 is 0 Å². The van der Waals surface area contributed by atoms with E-state index in [9.17, 15) is 4.79 Å². The molecule has 3 nitrogen and oxygen atoms in total. The Hall–Kier alpha value is -1.35. The average Bonchev–Trinajstić information content (AvgIpc) is 2.46. The summed E-state index contributed by atoms with van der Waals surface area (Å²) in [6, 6.07) is 8.05. The highest BCUT2D eigenvalue weighted by atomic mass is 16.2. The second-order valence-corrected chi connectivity index (χ2v) is 6.73. The Balaban J connectivity index is 2.02. The molecule has 3 heteroatoms. The third-order valence-electron chi connectivity index (χ3n) is 4.60. The van der Waals surface area contributed by atoms with Crippen molar-refractivity contribution >= 4 is 5.91 Å². The summed E-state index contributed by atoms with van der Waals surface area (Å²) in [5.41, 5.74) is 2.42. The highest BCUT2D eigenvalue weighted by Crippen LogP contribution is 2.23. The molecule has 0 bridgehead atoms. The molecule has 0 aromatic heterocycles. The Kier molecular flexibility index (Phi) is 5.40. The van der Waals surface area contributed by atoms with E-state index in [1.54, 1.807) is 0 Å². The topological polar surface area (TPSA) is 41.1 Å². The van der Waals surface area contributed by atoms with E-state index in [-0.39, 0.29) is 11.9 Å². The molecule has 0 spiro atoms. The van der Waals surface area contributed by atoms with Crippen molar-refractivity contribution in [2.24, 2.45) is 17.8 Å². The molecule has 0 saturated heterocycles. The molecule has 1 unspecified atom stereocenters. The van der Waals surface area contributed by atoms with Gasteiger partial charge in [0.1, 0.15) is 6.04 Å². The lowest BCUT2D eigenvalue weighted by Crippen LogP contribution is -2.43. The minimum atomic E-state index is -0.199. The highest BCUT2D eigenvalue weighted by molar-refractivity contribution is 5.83. The third kappa shape index (κ3) is 3.85. The van der Waals surface area contributed by atoms with Crippen LogP contribution in [-0.2, 0) is 11.2 Å². The van der Waals surface area contributed by atoms with E-state index < -0.39 is 0 Å². The number of carbonyl (C=O) groups is 1. The van der Waals surface area contributed by atoms with Gasteiger partial charge in [0, 0.05) is 13.1 Å². The van der Waals surface area contributed by atoms with Crippen molar-refractivity contribution in [1.29, 1.82) is 0 Å². The summed E-state index contributed by atoms with van der Waals surface area (Å²) in [5, 5.41) is 6.50. The van der Waals surface area contributed by atoms with Crippen LogP contribution in [0.5, 0.6) is 0 Å². The van der Waals surface area contributed by atoms with Gasteiger partial charge in [-0.3, -0.25) is 4.79 Å². The zero-order chi connectivity index (χ0) is 15.4. The first kappa shape index (κ1) is 16.0. The van der Waals surface area contributed by atoms with Crippen LogP contribution in [0.2, 0.25) is 0 Å². The van der Waals surface area contributed by atoms with Crippen molar-refractivity contribution in [2.75, 3.05) is 13.1 Å². The van der Waals surface area contributed by atoms with Crippen molar-refractivity contribution < 1.29 is 4.79 Å². The van der Waals surface area contributed by atoms with Gasteiger partial charge in [0.2, 0.25) is 5.91 Å². The smallest absolute Gasteiger partial charge is 0.241 e. The van der Waals surface area contributed by atoms with Crippen molar-refractivity contribution in [3.8, 4) is 0 Å². The zero-order valence-corrected chi connectivity index (χ0v) is 13.6. The van der Waals surface area contributed by atoms with E-state index in [0.29, 0.717) is 17.8 Å². The fraction of sp³-hybridized carbons (Fsp3) is 0.611. The highest BCUT2D eigenvalue weighted by Gasteiger charge is 2.26. The number of nitrogens with one attached hydrogen (secondary N) is 2. The summed E-state index contributed by atoms with van der Waals surface area (Å²) in [6.45, 7) is 10.5. The van der Waals surface area contributed by atoms with E-state index in [1.807, 2.05) is 12.1 Å². The van der Waals surface area contributed by atoms with Gasteiger partial charge in [-0.25, -0.2) is 0 Å². The molecule has 0 radical (unpaired) electrons. The van der Waals surface area contributed by atoms with Crippen LogP contribution in [0.1, 0.15) is 44.9 Å². The van der Waals surface area contributed by atoms with Gasteiger partial charge in [-0.1, -0.05) is 52.0 Å². The molecule has 1 aliphatic rings. The van der Waals surface area contributed by atoms with Crippen LogP contribution in [0.25, 0.3) is 0 Å². The van der Waals surface area contributed by atoms with Gasteiger partial charge in [0.15, 0.2) is 0 Å². The minimum absolute atomic E-state index is 0.105. The lowest BCUT2D eigenvalue weighted by molar-refractivity contribution is -0.123. The summed E-state index contributed by atoms with van der Waals surface area (Å²) in [6.07, 6.45) is 1.00. The van der Waals surface area contributed by atoms with Gasteiger partial charge in [0.25, 0.3) is 0 Å². The van der Waals surface area contributed by atoms with Crippen LogP contribution in [0.3, 0.4) is 0 Å². The molecule has 0 saturated carbocycles. The number of amides is 1. The molecule has 1 amide bonds. The number of fused-ring (bicyclic) bond motifs is 1. The summed E-state index contributed by atoms with van der Waals surface area (Å²) in [5.74, 6) is 1.79. The Morgan fingerprint density at radius 3 is 2.57 bits per heavy atom. The van der Waals surface area contributed by atoms with Crippen LogP contribution in [-0.4, -0.2) is 19.0 Å². The lowest BCUT2D eigenvalue weighted by atomic mass is 9.85. The summed E-state index contributed by atoms with van der Waals surface area (Å²) in [4.78, 5) is 12.5. The predicted octanol–water partition coefficient (Wildman–Crippen LogP) is 2.92. The number of hydrogen-bond donors (Lipinski definition) is 2. The average molecular weight is 288 g/mol. The normalized spacial score (nSPS) is 18.1. The molecule has 1 aliphatic heterocycles. The predicted molar refractivity (Wildman–Crippen MR) is 87.1 cm³/mol. The molecule has 116 valence electrons. The van der Waals surface area contributed by atoms with Crippen molar-refractivity contribution in [3.63, 3.8) is 0 Å². The summed E-state index contributed by atoms with van der Waals surface area (Å²) < 4.78 is 0. The van der Waals surface area contributed by atoms with Crippen LogP contribution >= 0.6 is 0 Å². The number of hydrogen-bond acceptors (Lipinski definition) is 2. The molecule has 1 aromatic carbocycles. The first-order valence-electron chi connectivity index (χ1n) is 8.09.